The van der Waals surface area contributed by atoms with E-state index in [1.807, 2.05) is 0 Å². The Morgan fingerprint density at radius 3 is 0.847 bits per heavy atom. The molecule has 72 heavy (non-hydrogen) atoms. The van der Waals surface area contributed by atoms with E-state index in [-0.39, 0.29) is 31.1 Å². The van der Waals surface area contributed by atoms with Crippen LogP contribution in [0.25, 0.3) is 0 Å². The molecule has 0 aliphatic heterocycles. The number of ether oxygens (including phenoxy) is 3. The number of allylic oxidation sites excluding steroid dienone is 20. The molecule has 0 aromatic carbocycles. The van der Waals surface area contributed by atoms with Crippen LogP contribution in [-0.2, 0) is 28.6 Å². The third kappa shape index (κ3) is 56.7. The molecule has 408 valence electrons. The average Bonchev–Trinajstić information content (AvgIpc) is 3.38. The van der Waals surface area contributed by atoms with Crippen LogP contribution in [0.1, 0.15) is 258 Å². The molecule has 6 heteroatoms. The number of hydrogen-bond acceptors (Lipinski definition) is 6. The Hall–Kier alpha value is -4.19. The van der Waals surface area contributed by atoms with Crippen molar-refractivity contribution >= 4 is 17.9 Å². The van der Waals surface area contributed by atoms with Gasteiger partial charge < -0.3 is 14.2 Å². The zero-order valence-corrected chi connectivity index (χ0v) is 46.7. The van der Waals surface area contributed by atoms with Crippen molar-refractivity contribution in [2.75, 3.05) is 13.2 Å². The molecule has 0 saturated carbocycles. The van der Waals surface area contributed by atoms with E-state index in [1.54, 1.807) is 0 Å². The molecule has 6 nitrogen and oxygen atoms in total. The van der Waals surface area contributed by atoms with E-state index in [2.05, 4.69) is 142 Å². The fraction of sp³-hybridized carbons (Fsp3) is 0.652. The third-order valence-corrected chi connectivity index (χ3v) is 12.2. The zero-order valence-electron chi connectivity index (χ0n) is 46.7. The lowest BCUT2D eigenvalue weighted by Gasteiger charge is -2.18. The number of carbonyl (C=O) groups excluding carboxylic acids is 3. The first-order valence-corrected chi connectivity index (χ1v) is 29.5. The van der Waals surface area contributed by atoms with Gasteiger partial charge in [0.15, 0.2) is 6.10 Å². The number of unbranched alkanes of at least 4 members (excludes halogenated alkanes) is 21. The first kappa shape index (κ1) is 67.8. The maximum absolute atomic E-state index is 12.8. The first-order chi connectivity index (χ1) is 35.5. The van der Waals surface area contributed by atoms with Gasteiger partial charge in [0.1, 0.15) is 13.2 Å². The second-order valence-electron chi connectivity index (χ2n) is 19.1. The predicted molar refractivity (Wildman–Crippen MR) is 311 cm³/mol. The van der Waals surface area contributed by atoms with Crippen LogP contribution in [-0.4, -0.2) is 37.2 Å². The van der Waals surface area contributed by atoms with Crippen molar-refractivity contribution in [3.63, 3.8) is 0 Å². The second kappa shape index (κ2) is 59.4. The fourth-order valence-electron chi connectivity index (χ4n) is 7.85. The molecule has 0 heterocycles. The minimum Gasteiger partial charge on any atom is -0.462 e. The molecule has 0 bridgehead atoms. The van der Waals surface area contributed by atoms with E-state index in [4.69, 9.17) is 14.2 Å². The minimum absolute atomic E-state index is 0.0893. The lowest BCUT2D eigenvalue weighted by atomic mass is 10.1. The highest BCUT2D eigenvalue weighted by Gasteiger charge is 2.19. The van der Waals surface area contributed by atoms with E-state index in [0.717, 1.165) is 148 Å². The van der Waals surface area contributed by atoms with Crippen LogP contribution < -0.4 is 0 Å². The van der Waals surface area contributed by atoms with Crippen LogP contribution in [0.2, 0.25) is 0 Å². The van der Waals surface area contributed by atoms with Crippen molar-refractivity contribution in [1.82, 2.24) is 0 Å². The van der Waals surface area contributed by atoms with Crippen molar-refractivity contribution in [1.29, 1.82) is 0 Å². The smallest absolute Gasteiger partial charge is 0.306 e. The second-order valence-corrected chi connectivity index (χ2v) is 19.1. The molecule has 0 aliphatic rings. The molecule has 1 atom stereocenters. The molecule has 0 rings (SSSR count). The summed E-state index contributed by atoms with van der Waals surface area (Å²) in [5, 5.41) is 0. The van der Waals surface area contributed by atoms with Crippen LogP contribution in [0.3, 0.4) is 0 Å². The molecule has 0 N–H and O–H groups in total. The van der Waals surface area contributed by atoms with Crippen molar-refractivity contribution < 1.29 is 28.6 Å². The summed E-state index contributed by atoms with van der Waals surface area (Å²) in [4.78, 5) is 38.1. The predicted octanol–water partition coefficient (Wildman–Crippen LogP) is 20.0. The summed E-state index contributed by atoms with van der Waals surface area (Å²) in [6, 6.07) is 0. The Balaban J connectivity index is 4.34. The fourth-order valence-corrected chi connectivity index (χ4v) is 7.85. The van der Waals surface area contributed by atoms with Crippen LogP contribution >= 0.6 is 0 Å². The van der Waals surface area contributed by atoms with Gasteiger partial charge in [0, 0.05) is 19.3 Å². The van der Waals surface area contributed by atoms with Gasteiger partial charge in [0.25, 0.3) is 0 Å². The van der Waals surface area contributed by atoms with Gasteiger partial charge in [-0.25, -0.2) is 0 Å². The number of esters is 3. The Labute approximate surface area is 443 Å². The van der Waals surface area contributed by atoms with Gasteiger partial charge in [-0.15, -0.1) is 0 Å². The SMILES string of the molecule is CC/C=C\C/C=C\C/C=C\C/C=C\C/C=C\C/C=C\C/C=C\CCCCCCCC(=O)OCC(COC(=O)CCCCCCCCCCCC)OC(=O)CCCCCCCCC/C=C\C/C=C\C/C=C\CC. The maximum atomic E-state index is 12.8. The largest absolute Gasteiger partial charge is 0.462 e. The van der Waals surface area contributed by atoms with E-state index in [0.29, 0.717) is 19.3 Å². The summed E-state index contributed by atoms with van der Waals surface area (Å²) in [6.45, 7) is 6.38. The van der Waals surface area contributed by atoms with Gasteiger partial charge in [-0.2, -0.15) is 0 Å². The average molecular weight is 998 g/mol. The molecule has 1 unspecified atom stereocenters. The molecule has 0 aromatic rings. The van der Waals surface area contributed by atoms with Crippen LogP contribution in [0, 0.1) is 0 Å². The first-order valence-electron chi connectivity index (χ1n) is 29.5. The van der Waals surface area contributed by atoms with E-state index in [9.17, 15) is 14.4 Å². The molecule has 0 amide bonds. The van der Waals surface area contributed by atoms with E-state index < -0.39 is 6.10 Å². The van der Waals surface area contributed by atoms with Gasteiger partial charge in [0.2, 0.25) is 0 Å². The molecule has 0 radical (unpaired) electrons. The summed E-state index contributed by atoms with van der Waals surface area (Å²) >= 11 is 0. The lowest BCUT2D eigenvalue weighted by molar-refractivity contribution is -0.167. The summed E-state index contributed by atoms with van der Waals surface area (Å²) in [6.07, 6.45) is 81.9. The highest BCUT2D eigenvalue weighted by molar-refractivity contribution is 5.71. The van der Waals surface area contributed by atoms with Crippen molar-refractivity contribution in [2.24, 2.45) is 0 Å². The molecule has 0 spiro atoms. The summed E-state index contributed by atoms with van der Waals surface area (Å²) < 4.78 is 16.8. The minimum atomic E-state index is -0.793. The van der Waals surface area contributed by atoms with Gasteiger partial charge in [-0.3, -0.25) is 14.4 Å². The number of rotatable bonds is 52. The molecular weight excluding hydrogens is 889 g/mol. The molecule has 0 saturated heterocycles. The third-order valence-electron chi connectivity index (χ3n) is 12.2. The summed E-state index contributed by atoms with van der Waals surface area (Å²) in [7, 11) is 0. The van der Waals surface area contributed by atoms with Crippen molar-refractivity contribution in [3.8, 4) is 0 Å². The quantitative estimate of drug-likeness (QED) is 0.0261. The van der Waals surface area contributed by atoms with Crippen molar-refractivity contribution in [2.45, 2.75) is 264 Å². The molecule has 0 aromatic heterocycles. The number of carbonyl (C=O) groups is 3. The highest BCUT2D eigenvalue weighted by atomic mass is 16.6. The normalized spacial score (nSPS) is 13.0. The Morgan fingerprint density at radius 2 is 0.542 bits per heavy atom. The zero-order chi connectivity index (χ0) is 52.2. The highest BCUT2D eigenvalue weighted by Crippen LogP contribution is 2.15. The van der Waals surface area contributed by atoms with Gasteiger partial charge in [0.05, 0.1) is 0 Å². The molecule has 0 fully saturated rings. The van der Waals surface area contributed by atoms with Crippen LogP contribution in [0.5, 0.6) is 0 Å². The Bertz CT molecular complexity index is 1520. The van der Waals surface area contributed by atoms with Crippen LogP contribution in [0.4, 0.5) is 0 Å². The van der Waals surface area contributed by atoms with Gasteiger partial charge >= 0.3 is 17.9 Å². The maximum Gasteiger partial charge on any atom is 0.306 e. The topological polar surface area (TPSA) is 78.9 Å². The Kier molecular flexibility index (Phi) is 55.9. The summed E-state index contributed by atoms with van der Waals surface area (Å²) in [5.74, 6) is -0.921. The lowest BCUT2D eigenvalue weighted by Crippen LogP contribution is -2.30. The molecular formula is C66H108O6. The van der Waals surface area contributed by atoms with Crippen LogP contribution in [0.15, 0.2) is 122 Å². The monoisotopic (exact) mass is 997 g/mol. The standard InChI is InChI=1S/C66H108O6/c1-4-7-10-13-16-19-22-24-26-28-29-30-31-32-33-34-35-36-37-39-40-42-44-47-50-53-56-59-65(68)71-62-63(61-70-64(67)58-55-52-49-46-21-18-15-12-9-6-3)72-66(69)60-57-54-51-48-45-43-41-38-27-25-23-20-17-14-11-8-5-2/h7-8,10-11,16-17,19-20,24-27,29-30,32-33,35-36,39-40,63H,4-6,9,12-15,18,21-23,28,31,34,37-38,41-62H2,1-3H3/b10-7-,11-8-,19-16-,20-17-,26-24-,27-25-,30-29-,33-32-,36-35-,40-39-. The number of hydrogen-bond donors (Lipinski definition) is 0. The summed E-state index contributed by atoms with van der Waals surface area (Å²) in [5.41, 5.74) is 0. The van der Waals surface area contributed by atoms with Crippen molar-refractivity contribution in [3.05, 3.63) is 122 Å². The van der Waals surface area contributed by atoms with E-state index in [1.165, 1.54) is 70.6 Å². The molecule has 0 aliphatic carbocycles. The van der Waals surface area contributed by atoms with E-state index >= 15 is 0 Å². The van der Waals surface area contributed by atoms with Gasteiger partial charge in [-0.05, 0) is 109 Å². The van der Waals surface area contributed by atoms with Gasteiger partial charge in [-0.1, -0.05) is 251 Å². The Morgan fingerprint density at radius 1 is 0.292 bits per heavy atom.